The fourth-order valence-electron chi connectivity index (χ4n) is 2.54. The molecule has 3 rings (SSSR count). The van der Waals surface area contributed by atoms with Crippen molar-refractivity contribution >= 4 is 11.0 Å². The predicted molar refractivity (Wildman–Crippen MR) is 84.3 cm³/mol. The number of aryl methyl sites for hydroxylation is 1. The first-order valence-corrected chi connectivity index (χ1v) is 7.12. The molecular formula is C17H19N3O. The lowest BCUT2D eigenvalue weighted by Gasteiger charge is -2.11. The lowest BCUT2D eigenvalue weighted by Crippen LogP contribution is -2.11. The Morgan fingerprint density at radius 2 is 1.86 bits per heavy atom. The van der Waals surface area contributed by atoms with E-state index in [-0.39, 0.29) is 0 Å². The van der Waals surface area contributed by atoms with E-state index in [4.69, 9.17) is 10.5 Å². The lowest BCUT2D eigenvalue weighted by molar-refractivity contribution is 0.296. The van der Waals surface area contributed by atoms with Crippen LogP contribution in [-0.4, -0.2) is 16.2 Å². The number of nitrogens with zero attached hydrogens (tertiary/aromatic N) is 2. The second kappa shape index (κ2) is 5.97. The predicted octanol–water partition coefficient (Wildman–Crippen LogP) is 2.88. The lowest BCUT2D eigenvalue weighted by atomic mass is 10.2. The van der Waals surface area contributed by atoms with Crippen LogP contribution in [-0.2, 0) is 13.1 Å². The van der Waals surface area contributed by atoms with E-state index in [9.17, 15) is 0 Å². The Morgan fingerprint density at radius 1 is 1.10 bits per heavy atom. The second-order valence-electron chi connectivity index (χ2n) is 4.96. The zero-order valence-electron chi connectivity index (χ0n) is 12.1. The van der Waals surface area contributed by atoms with Crippen molar-refractivity contribution in [2.75, 3.05) is 6.61 Å². The van der Waals surface area contributed by atoms with Crippen LogP contribution in [0.3, 0.4) is 0 Å². The van der Waals surface area contributed by atoms with E-state index in [0.29, 0.717) is 13.2 Å². The van der Waals surface area contributed by atoms with Gasteiger partial charge in [0.05, 0.1) is 17.6 Å². The van der Waals surface area contributed by atoms with Crippen molar-refractivity contribution in [1.29, 1.82) is 0 Å². The molecular weight excluding hydrogens is 262 g/mol. The molecule has 21 heavy (non-hydrogen) atoms. The normalized spacial score (nSPS) is 11.0. The summed E-state index contributed by atoms with van der Waals surface area (Å²) in [6.45, 7) is 3.88. The molecule has 1 heterocycles. The summed E-state index contributed by atoms with van der Waals surface area (Å²) in [5.74, 6) is 1.87. The van der Waals surface area contributed by atoms with Crippen LogP contribution < -0.4 is 10.5 Å². The Labute approximate surface area is 124 Å². The molecule has 0 atom stereocenters. The summed E-state index contributed by atoms with van der Waals surface area (Å²) in [6, 6.07) is 16.0. The van der Waals surface area contributed by atoms with Gasteiger partial charge in [-0.05, 0) is 25.1 Å². The minimum atomic E-state index is 0.489. The average Bonchev–Trinajstić information content (AvgIpc) is 2.84. The van der Waals surface area contributed by atoms with Gasteiger partial charge in [0.25, 0.3) is 0 Å². The molecule has 0 bridgehead atoms. The molecule has 0 amide bonds. The first-order valence-electron chi connectivity index (χ1n) is 7.12. The zero-order chi connectivity index (χ0) is 14.7. The summed E-state index contributed by atoms with van der Waals surface area (Å²) in [6.07, 6.45) is 0. The highest BCUT2D eigenvalue weighted by Crippen LogP contribution is 2.18. The van der Waals surface area contributed by atoms with Crippen LogP contribution in [0.25, 0.3) is 11.0 Å². The maximum absolute atomic E-state index is 5.88. The number of aromatic nitrogens is 2. The molecule has 0 saturated heterocycles. The average molecular weight is 281 g/mol. The molecule has 0 aliphatic heterocycles. The molecule has 0 spiro atoms. The van der Waals surface area contributed by atoms with Crippen LogP contribution in [0, 0.1) is 6.92 Å². The topological polar surface area (TPSA) is 53.1 Å². The molecule has 0 saturated carbocycles. The van der Waals surface area contributed by atoms with Gasteiger partial charge in [-0.25, -0.2) is 4.98 Å². The van der Waals surface area contributed by atoms with Crippen molar-refractivity contribution in [3.8, 4) is 5.75 Å². The summed E-state index contributed by atoms with van der Waals surface area (Å²) in [7, 11) is 0. The van der Waals surface area contributed by atoms with Crippen LogP contribution in [0.5, 0.6) is 5.75 Å². The number of fused-ring (bicyclic) bond motifs is 1. The van der Waals surface area contributed by atoms with E-state index >= 15 is 0 Å². The number of para-hydroxylation sites is 3. The van der Waals surface area contributed by atoms with Gasteiger partial charge < -0.3 is 15.0 Å². The van der Waals surface area contributed by atoms with E-state index in [1.807, 2.05) is 49.4 Å². The third-order valence-electron chi connectivity index (χ3n) is 3.61. The Kier molecular flexibility index (Phi) is 3.88. The molecule has 3 aromatic rings. The third kappa shape index (κ3) is 2.76. The third-order valence-corrected chi connectivity index (χ3v) is 3.61. The molecule has 0 radical (unpaired) electrons. The highest BCUT2D eigenvalue weighted by Gasteiger charge is 2.07. The van der Waals surface area contributed by atoms with Crippen molar-refractivity contribution in [3.63, 3.8) is 0 Å². The van der Waals surface area contributed by atoms with Crippen LogP contribution >= 0.6 is 0 Å². The number of ether oxygens (including phenoxy) is 1. The molecule has 0 unspecified atom stereocenters. The highest BCUT2D eigenvalue weighted by molar-refractivity contribution is 5.75. The van der Waals surface area contributed by atoms with Crippen molar-refractivity contribution in [2.45, 2.75) is 20.0 Å². The molecule has 0 aliphatic rings. The van der Waals surface area contributed by atoms with Gasteiger partial charge in [-0.15, -0.1) is 0 Å². The Bertz CT molecular complexity index is 749. The van der Waals surface area contributed by atoms with Gasteiger partial charge in [0.15, 0.2) is 0 Å². The summed E-state index contributed by atoms with van der Waals surface area (Å²) in [5.41, 5.74) is 8.92. The number of imidazole rings is 1. The van der Waals surface area contributed by atoms with Crippen LogP contribution in [0.2, 0.25) is 0 Å². The van der Waals surface area contributed by atoms with Crippen molar-refractivity contribution in [3.05, 3.63) is 59.9 Å². The van der Waals surface area contributed by atoms with Crippen molar-refractivity contribution in [2.24, 2.45) is 5.73 Å². The molecule has 4 heteroatoms. The minimum Gasteiger partial charge on any atom is -0.491 e. The molecule has 4 nitrogen and oxygen atoms in total. The van der Waals surface area contributed by atoms with Crippen molar-refractivity contribution in [1.82, 2.24) is 9.55 Å². The fraction of sp³-hybridized carbons (Fsp3) is 0.235. The first-order chi connectivity index (χ1) is 10.3. The Hall–Kier alpha value is -2.33. The maximum Gasteiger partial charge on any atom is 0.123 e. The molecule has 108 valence electrons. The number of hydrogen-bond acceptors (Lipinski definition) is 3. The van der Waals surface area contributed by atoms with E-state index in [1.54, 1.807) is 0 Å². The smallest absolute Gasteiger partial charge is 0.123 e. The van der Waals surface area contributed by atoms with Gasteiger partial charge in [0.2, 0.25) is 0 Å². The van der Waals surface area contributed by atoms with Crippen LogP contribution in [0.1, 0.15) is 11.4 Å². The first kappa shape index (κ1) is 13.6. The Morgan fingerprint density at radius 3 is 2.71 bits per heavy atom. The summed E-state index contributed by atoms with van der Waals surface area (Å²) in [5, 5.41) is 0. The minimum absolute atomic E-state index is 0.489. The van der Waals surface area contributed by atoms with Gasteiger partial charge >= 0.3 is 0 Å². The summed E-state index contributed by atoms with van der Waals surface area (Å²) >= 11 is 0. The van der Waals surface area contributed by atoms with E-state index in [2.05, 4.69) is 15.6 Å². The van der Waals surface area contributed by atoms with Crippen molar-refractivity contribution < 1.29 is 4.74 Å². The quantitative estimate of drug-likeness (QED) is 0.782. The van der Waals surface area contributed by atoms with Crippen LogP contribution in [0.15, 0.2) is 48.5 Å². The van der Waals surface area contributed by atoms with E-state index < -0.39 is 0 Å². The number of nitrogens with two attached hydrogens (primary N) is 1. The number of rotatable bonds is 5. The highest BCUT2D eigenvalue weighted by atomic mass is 16.5. The van der Waals surface area contributed by atoms with Gasteiger partial charge in [-0.2, -0.15) is 0 Å². The maximum atomic E-state index is 5.88. The zero-order valence-corrected chi connectivity index (χ0v) is 12.1. The molecule has 0 fully saturated rings. The summed E-state index contributed by atoms with van der Waals surface area (Å²) < 4.78 is 8.06. The van der Waals surface area contributed by atoms with E-state index in [1.165, 1.54) is 0 Å². The second-order valence-corrected chi connectivity index (χ2v) is 4.96. The van der Waals surface area contributed by atoms with Crippen LogP contribution in [0.4, 0.5) is 0 Å². The van der Waals surface area contributed by atoms with Gasteiger partial charge in [0, 0.05) is 12.1 Å². The Balaban J connectivity index is 1.74. The summed E-state index contributed by atoms with van der Waals surface area (Å²) in [4.78, 5) is 4.56. The monoisotopic (exact) mass is 281 g/mol. The van der Waals surface area contributed by atoms with Gasteiger partial charge in [0.1, 0.15) is 18.2 Å². The molecule has 2 aromatic carbocycles. The SMILES string of the molecule is Cc1nc2ccccc2n1CCOc1ccccc1CN. The van der Waals surface area contributed by atoms with E-state index in [0.717, 1.165) is 34.7 Å². The largest absolute Gasteiger partial charge is 0.491 e. The molecule has 0 aliphatic carbocycles. The molecule has 1 aromatic heterocycles. The number of benzene rings is 2. The molecule has 2 N–H and O–H groups in total. The number of hydrogen-bond donors (Lipinski definition) is 1. The standard InChI is InChI=1S/C17H19N3O/c1-13-19-15-7-3-4-8-16(15)20(13)10-11-21-17-9-5-2-6-14(17)12-18/h2-9H,10-12,18H2,1H3. The fourth-order valence-corrected chi connectivity index (χ4v) is 2.54. The van der Waals surface area contributed by atoms with Gasteiger partial charge in [-0.1, -0.05) is 30.3 Å². The van der Waals surface area contributed by atoms with Gasteiger partial charge in [-0.3, -0.25) is 0 Å².